The highest BCUT2D eigenvalue weighted by molar-refractivity contribution is 6.31. The van der Waals surface area contributed by atoms with Gasteiger partial charge in [-0.15, -0.1) is 0 Å². The molecule has 0 aromatic heterocycles. The lowest BCUT2D eigenvalue weighted by Crippen LogP contribution is -1.91. The number of anilines is 2. The molecule has 0 atom stereocenters. The van der Waals surface area contributed by atoms with Crippen LogP contribution in [-0.2, 0) is 0 Å². The smallest absolute Gasteiger partial charge is 0.0465 e. The minimum absolute atomic E-state index is 0.756. The van der Waals surface area contributed by atoms with Gasteiger partial charge in [0, 0.05) is 27.5 Å². The second kappa shape index (κ2) is 4.39. The maximum absolute atomic E-state index is 6.18. The summed E-state index contributed by atoms with van der Waals surface area (Å²) in [6.07, 6.45) is 0. The zero-order valence-corrected chi connectivity index (χ0v) is 11.5. The number of para-hydroxylation sites is 1. The first-order valence-electron chi connectivity index (χ1n) is 6.58. The van der Waals surface area contributed by atoms with Gasteiger partial charge < -0.3 is 5.32 Å². The Balaban J connectivity index is 2.12. The Kier molecular flexibility index (Phi) is 2.54. The van der Waals surface area contributed by atoms with Gasteiger partial charge >= 0.3 is 0 Å². The summed E-state index contributed by atoms with van der Waals surface area (Å²) in [5.74, 6) is 0. The molecule has 0 fully saturated rings. The van der Waals surface area contributed by atoms with Gasteiger partial charge in [0.05, 0.1) is 0 Å². The van der Waals surface area contributed by atoms with E-state index in [0.717, 1.165) is 22.0 Å². The molecule has 0 aliphatic carbocycles. The third kappa shape index (κ3) is 1.71. The summed E-state index contributed by atoms with van der Waals surface area (Å²) in [6, 6.07) is 22.8. The zero-order chi connectivity index (χ0) is 13.5. The summed E-state index contributed by atoms with van der Waals surface area (Å²) >= 11 is 6.18. The van der Waals surface area contributed by atoms with E-state index in [1.165, 1.54) is 16.7 Å². The Morgan fingerprint density at radius 2 is 1.20 bits per heavy atom. The van der Waals surface area contributed by atoms with Crippen LogP contribution in [0.2, 0.25) is 5.02 Å². The summed E-state index contributed by atoms with van der Waals surface area (Å²) in [4.78, 5) is 0. The second-order valence-electron chi connectivity index (χ2n) is 4.91. The van der Waals surface area contributed by atoms with Crippen molar-refractivity contribution in [2.75, 3.05) is 5.32 Å². The van der Waals surface area contributed by atoms with Crippen LogP contribution in [0.1, 0.15) is 0 Å². The lowest BCUT2D eigenvalue weighted by Gasteiger charge is -2.09. The summed E-state index contributed by atoms with van der Waals surface area (Å²) in [7, 11) is 0. The maximum Gasteiger partial charge on any atom is 0.0465 e. The lowest BCUT2D eigenvalue weighted by atomic mass is 9.95. The molecule has 0 radical (unpaired) electrons. The first-order valence-corrected chi connectivity index (χ1v) is 6.96. The third-order valence-electron chi connectivity index (χ3n) is 3.69. The van der Waals surface area contributed by atoms with Gasteiger partial charge in [-0.25, -0.2) is 0 Å². The first-order chi connectivity index (χ1) is 9.83. The van der Waals surface area contributed by atoms with Gasteiger partial charge in [0.25, 0.3) is 0 Å². The van der Waals surface area contributed by atoms with Gasteiger partial charge in [0.15, 0.2) is 0 Å². The second-order valence-corrected chi connectivity index (χ2v) is 5.34. The molecule has 20 heavy (non-hydrogen) atoms. The number of halogens is 1. The predicted octanol–water partition coefficient (Wildman–Crippen LogP) is 5.73. The maximum atomic E-state index is 6.18. The first kappa shape index (κ1) is 11.6. The quantitative estimate of drug-likeness (QED) is 0.433. The lowest BCUT2D eigenvalue weighted by molar-refractivity contribution is 1.57. The minimum atomic E-state index is 0.756. The van der Waals surface area contributed by atoms with Gasteiger partial charge in [-0.2, -0.15) is 0 Å². The highest BCUT2D eigenvalue weighted by Gasteiger charge is 2.18. The Labute approximate surface area is 122 Å². The Morgan fingerprint density at radius 3 is 2.00 bits per heavy atom. The van der Waals surface area contributed by atoms with Crippen LogP contribution < -0.4 is 5.32 Å². The molecule has 0 saturated heterocycles. The molecule has 0 spiro atoms. The molecule has 1 aliphatic rings. The predicted molar refractivity (Wildman–Crippen MR) is 85.6 cm³/mol. The summed E-state index contributed by atoms with van der Waals surface area (Å²) in [5.41, 5.74) is 7.02. The fourth-order valence-corrected chi connectivity index (χ4v) is 2.95. The molecule has 0 saturated carbocycles. The fraction of sp³-hybridized carbons (Fsp3) is 0. The largest absolute Gasteiger partial charge is 0.355 e. The van der Waals surface area contributed by atoms with Crippen LogP contribution in [-0.4, -0.2) is 0 Å². The van der Waals surface area contributed by atoms with Crippen LogP contribution in [0.3, 0.4) is 0 Å². The van der Waals surface area contributed by atoms with Crippen molar-refractivity contribution in [3.05, 3.63) is 71.8 Å². The standard InChI is InChI=1S/C18H12ClN/c19-12-9-10-18-16(11-12)14-6-2-1-5-13(14)15-7-3-4-8-17(15)20-18/h1-11,20H. The molecule has 1 N–H and O–H groups in total. The van der Waals surface area contributed by atoms with Crippen molar-refractivity contribution < 1.29 is 0 Å². The van der Waals surface area contributed by atoms with E-state index in [2.05, 4.69) is 53.8 Å². The van der Waals surface area contributed by atoms with Gasteiger partial charge in [-0.3, -0.25) is 0 Å². The Morgan fingerprint density at radius 1 is 0.600 bits per heavy atom. The third-order valence-corrected chi connectivity index (χ3v) is 3.92. The monoisotopic (exact) mass is 277 g/mol. The van der Waals surface area contributed by atoms with E-state index in [-0.39, 0.29) is 0 Å². The molecule has 2 heteroatoms. The van der Waals surface area contributed by atoms with Gasteiger partial charge in [0.2, 0.25) is 0 Å². The van der Waals surface area contributed by atoms with Crippen molar-refractivity contribution >= 4 is 23.0 Å². The van der Waals surface area contributed by atoms with E-state index >= 15 is 0 Å². The summed E-state index contributed by atoms with van der Waals surface area (Å²) in [5, 5.41) is 4.27. The molecule has 0 amide bonds. The molecule has 1 nitrogen and oxygen atoms in total. The molecule has 4 rings (SSSR count). The van der Waals surface area contributed by atoms with Crippen molar-refractivity contribution in [2.45, 2.75) is 0 Å². The van der Waals surface area contributed by atoms with Crippen molar-refractivity contribution in [1.82, 2.24) is 0 Å². The van der Waals surface area contributed by atoms with E-state index in [4.69, 9.17) is 11.6 Å². The van der Waals surface area contributed by atoms with Crippen LogP contribution in [0.15, 0.2) is 66.7 Å². The van der Waals surface area contributed by atoms with Crippen molar-refractivity contribution in [3.63, 3.8) is 0 Å². The van der Waals surface area contributed by atoms with Crippen molar-refractivity contribution in [1.29, 1.82) is 0 Å². The average Bonchev–Trinajstić information content (AvgIpc) is 2.62. The molecular formula is C18H12ClN. The van der Waals surface area contributed by atoms with Gasteiger partial charge in [-0.05, 0) is 35.4 Å². The van der Waals surface area contributed by atoms with Gasteiger partial charge in [0.1, 0.15) is 0 Å². The number of fused-ring (bicyclic) bond motifs is 5. The van der Waals surface area contributed by atoms with E-state index in [0.29, 0.717) is 0 Å². The number of hydrogen-bond acceptors (Lipinski definition) is 1. The SMILES string of the molecule is Clc1ccc2c(c1)-c1ccccc1-c1ccccc1N2. The number of benzene rings is 3. The van der Waals surface area contributed by atoms with Gasteiger partial charge in [-0.1, -0.05) is 54.1 Å². The van der Waals surface area contributed by atoms with E-state index in [1.54, 1.807) is 0 Å². The van der Waals surface area contributed by atoms with Crippen molar-refractivity contribution in [2.24, 2.45) is 0 Å². The molecule has 1 heterocycles. The average molecular weight is 278 g/mol. The normalized spacial score (nSPS) is 11.7. The molecule has 3 aromatic rings. The highest BCUT2D eigenvalue weighted by atomic mass is 35.5. The van der Waals surface area contributed by atoms with Crippen LogP contribution in [0.5, 0.6) is 0 Å². The van der Waals surface area contributed by atoms with Crippen LogP contribution in [0, 0.1) is 0 Å². The van der Waals surface area contributed by atoms with Crippen LogP contribution in [0.25, 0.3) is 22.3 Å². The zero-order valence-electron chi connectivity index (χ0n) is 10.7. The summed E-state index contributed by atoms with van der Waals surface area (Å²) < 4.78 is 0. The van der Waals surface area contributed by atoms with E-state index < -0.39 is 0 Å². The molecule has 0 bridgehead atoms. The van der Waals surface area contributed by atoms with Crippen LogP contribution >= 0.6 is 11.6 Å². The topological polar surface area (TPSA) is 12.0 Å². The Hall–Kier alpha value is -2.25. The summed E-state index contributed by atoms with van der Waals surface area (Å²) in [6.45, 7) is 0. The molecule has 0 unspecified atom stereocenters. The highest BCUT2D eigenvalue weighted by Crippen LogP contribution is 2.44. The minimum Gasteiger partial charge on any atom is -0.355 e. The molecule has 3 aromatic carbocycles. The Bertz CT molecular complexity index is 808. The molecule has 1 aliphatic heterocycles. The molecular weight excluding hydrogens is 266 g/mol. The molecule has 96 valence electrons. The number of rotatable bonds is 0. The number of hydrogen-bond donors (Lipinski definition) is 1. The number of nitrogens with one attached hydrogen (secondary N) is 1. The fourth-order valence-electron chi connectivity index (χ4n) is 2.77. The van der Waals surface area contributed by atoms with Crippen molar-refractivity contribution in [3.8, 4) is 22.3 Å². The van der Waals surface area contributed by atoms with E-state index in [9.17, 15) is 0 Å². The van der Waals surface area contributed by atoms with E-state index in [1.807, 2.05) is 18.2 Å². The van der Waals surface area contributed by atoms with Crippen LogP contribution in [0.4, 0.5) is 11.4 Å².